The average molecular weight is 368 g/mol. The molecule has 142 valence electrons. The van der Waals surface area contributed by atoms with E-state index in [1.54, 1.807) is 56.6 Å². The summed E-state index contributed by atoms with van der Waals surface area (Å²) >= 11 is 0. The second-order valence-electron chi connectivity index (χ2n) is 6.71. The van der Waals surface area contributed by atoms with Crippen molar-refractivity contribution in [1.82, 2.24) is 4.90 Å². The molecule has 1 atom stereocenters. The van der Waals surface area contributed by atoms with E-state index in [9.17, 15) is 9.59 Å². The van der Waals surface area contributed by atoms with E-state index < -0.39 is 0 Å². The zero-order valence-corrected chi connectivity index (χ0v) is 15.6. The monoisotopic (exact) mass is 368 g/mol. The number of carbonyl (C=O) groups is 2. The highest BCUT2D eigenvalue weighted by molar-refractivity contribution is 6.05. The van der Waals surface area contributed by atoms with E-state index in [0.717, 1.165) is 19.4 Å². The number of carbonyl (C=O) groups excluding carboxylic acids is 2. The summed E-state index contributed by atoms with van der Waals surface area (Å²) in [6.45, 7) is 1.27. The minimum atomic E-state index is -0.257. The van der Waals surface area contributed by atoms with E-state index in [1.165, 1.54) is 4.90 Å². The molecule has 1 fully saturated rings. The lowest BCUT2D eigenvalue weighted by Gasteiger charge is -2.13. The molecule has 1 aliphatic rings. The zero-order chi connectivity index (χ0) is 19.2. The van der Waals surface area contributed by atoms with Gasteiger partial charge in [-0.05, 0) is 49.2 Å². The molecule has 2 aromatic rings. The summed E-state index contributed by atoms with van der Waals surface area (Å²) in [4.78, 5) is 26.1. The number of nitrogens with zero attached hydrogens (tertiary/aromatic N) is 1. The summed E-state index contributed by atoms with van der Waals surface area (Å²) in [6, 6.07) is 13.9. The quantitative estimate of drug-likeness (QED) is 0.850. The zero-order valence-electron chi connectivity index (χ0n) is 15.6. The Kier molecular flexibility index (Phi) is 6.08. The summed E-state index contributed by atoms with van der Waals surface area (Å²) in [7, 11) is 3.38. The molecular formula is C21H24N2O4. The molecule has 0 aliphatic carbocycles. The summed E-state index contributed by atoms with van der Waals surface area (Å²) in [5.41, 5.74) is 1.58. The van der Waals surface area contributed by atoms with Gasteiger partial charge in [-0.15, -0.1) is 0 Å². The highest BCUT2D eigenvalue weighted by Crippen LogP contribution is 2.19. The first-order valence-electron chi connectivity index (χ1n) is 9.00. The molecule has 3 rings (SSSR count). The fraction of sp³-hybridized carbons (Fsp3) is 0.333. The van der Waals surface area contributed by atoms with Crippen molar-refractivity contribution in [3.63, 3.8) is 0 Å². The molecule has 1 N–H and O–H groups in total. The molecule has 0 aromatic heterocycles. The number of rotatable bonds is 6. The van der Waals surface area contributed by atoms with E-state index in [-0.39, 0.29) is 17.9 Å². The molecule has 1 unspecified atom stereocenters. The van der Waals surface area contributed by atoms with Crippen LogP contribution in [0.4, 0.5) is 5.69 Å². The van der Waals surface area contributed by atoms with Crippen LogP contribution in [0.2, 0.25) is 0 Å². The van der Waals surface area contributed by atoms with Crippen LogP contribution in [0.5, 0.6) is 5.75 Å². The van der Waals surface area contributed by atoms with Gasteiger partial charge in [-0.2, -0.15) is 0 Å². The van der Waals surface area contributed by atoms with E-state index in [2.05, 4.69) is 5.32 Å². The lowest BCUT2D eigenvalue weighted by Crippen LogP contribution is -2.22. The van der Waals surface area contributed by atoms with Gasteiger partial charge in [0.25, 0.3) is 11.8 Å². The normalized spacial score (nSPS) is 16.0. The van der Waals surface area contributed by atoms with Crippen LogP contribution in [0.15, 0.2) is 48.5 Å². The van der Waals surface area contributed by atoms with Crippen molar-refractivity contribution in [3.8, 4) is 5.75 Å². The van der Waals surface area contributed by atoms with Crippen molar-refractivity contribution in [2.45, 2.75) is 18.9 Å². The van der Waals surface area contributed by atoms with E-state index in [0.29, 0.717) is 29.2 Å². The topological polar surface area (TPSA) is 67.9 Å². The summed E-state index contributed by atoms with van der Waals surface area (Å²) in [5, 5.41) is 2.83. The van der Waals surface area contributed by atoms with Crippen molar-refractivity contribution in [1.29, 1.82) is 0 Å². The van der Waals surface area contributed by atoms with Crippen LogP contribution in [0.1, 0.15) is 33.6 Å². The largest absolute Gasteiger partial charge is 0.491 e. The Morgan fingerprint density at radius 2 is 1.93 bits per heavy atom. The Morgan fingerprint density at radius 3 is 2.67 bits per heavy atom. The number of hydrogen-bond donors (Lipinski definition) is 1. The molecule has 0 bridgehead atoms. The molecule has 1 heterocycles. The van der Waals surface area contributed by atoms with Gasteiger partial charge < -0.3 is 19.7 Å². The highest BCUT2D eigenvalue weighted by Gasteiger charge is 2.16. The Labute approximate surface area is 159 Å². The molecule has 6 heteroatoms. The molecule has 1 aliphatic heterocycles. The summed E-state index contributed by atoms with van der Waals surface area (Å²) < 4.78 is 11.3. The van der Waals surface area contributed by atoms with Gasteiger partial charge in [-0.3, -0.25) is 9.59 Å². The standard InChI is InChI=1S/C21H24N2O4/c1-23(2)21(25)16-7-3-8-17(12-16)22-20(24)15-6-4-9-18(13-15)27-14-19-10-5-11-26-19/h3-4,6-9,12-13,19H,5,10-11,14H2,1-2H3,(H,22,24). The lowest BCUT2D eigenvalue weighted by atomic mass is 10.1. The van der Waals surface area contributed by atoms with Crippen molar-refractivity contribution in [2.24, 2.45) is 0 Å². The highest BCUT2D eigenvalue weighted by atomic mass is 16.5. The van der Waals surface area contributed by atoms with Crippen LogP contribution in [-0.2, 0) is 4.74 Å². The number of hydrogen-bond acceptors (Lipinski definition) is 4. The van der Waals surface area contributed by atoms with E-state index in [4.69, 9.17) is 9.47 Å². The Morgan fingerprint density at radius 1 is 1.15 bits per heavy atom. The van der Waals surface area contributed by atoms with Gasteiger partial charge in [0.2, 0.25) is 0 Å². The van der Waals surface area contributed by atoms with Gasteiger partial charge in [0.05, 0.1) is 6.10 Å². The van der Waals surface area contributed by atoms with Crippen molar-refractivity contribution in [2.75, 3.05) is 32.6 Å². The molecule has 2 amide bonds. The molecule has 1 saturated heterocycles. The van der Waals surface area contributed by atoms with Crippen LogP contribution in [0, 0.1) is 0 Å². The minimum Gasteiger partial charge on any atom is -0.491 e. The number of amides is 2. The van der Waals surface area contributed by atoms with Gasteiger partial charge in [-0.25, -0.2) is 0 Å². The maximum Gasteiger partial charge on any atom is 0.255 e. The Hall–Kier alpha value is -2.86. The molecule has 0 spiro atoms. The van der Waals surface area contributed by atoms with Crippen molar-refractivity contribution in [3.05, 3.63) is 59.7 Å². The Balaban J connectivity index is 1.64. The van der Waals surface area contributed by atoms with Crippen LogP contribution in [-0.4, -0.2) is 50.1 Å². The number of benzene rings is 2. The number of ether oxygens (including phenoxy) is 2. The SMILES string of the molecule is CN(C)C(=O)c1cccc(NC(=O)c2cccc(OCC3CCCO3)c2)c1. The maximum absolute atomic E-state index is 12.6. The first kappa shape index (κ1) is 18.9. The van der Waals surface area contributed by atoms with Gasteiger partial charge in [0.1, 0.15) is 12.4 Å². The Bertz CT molecular complexity index is 813. The van der Waals surface area contributed by atoms with Crippen LogP contribution in [0.25, 0.3) is 0 Å². The van der Waals surface area contributed by atoms with Crippen LogP contribution in [0.3, 0.4) is 0 Å². The average Bonchev–Trinajstić information content (AvgIpc) is 3.20. The number of anilines is 1. The number of nitrogens with one attached hydrogen (secondary N) is 1. The molecule has 6 nitrogen and oxygen atoms in total. The van der Waals surface area contributed by atoms with Crippen molar-refractivity contribution < 1.29 is 19.1 Å². The minimum absolute atomic E-state index is 0.115. The fourth-order valence-electron chi connectivity index (χ4n) is 2.88. The van der Waals surface area contributed by atoms with Crippen molar-refractivity contribution >= 4 is 17.5 Å². The third-order valence-corrected chi connectivity index (χ3v) is 4.33. The third kappa shape index (κ3) is 5.08. The summed E-state index contributed by atoms with van der Waals surface area (Å²) in [6.07, 6.45) is 2.19. The predicted octanol–water partition coefficient (Wildman–Crippen LogP) is 3.20. The smallest absolute Gasteiger partial charge is 0.255 e. The fourth-order valence-corrected chi connectivity index (χ4v) is 2.88. The molecular weight excluding hydrogens is 344 g/mol. The third-order valence-electron chi connectivity index (χ3n) is 4.33. The van der Waals surface area contributed by atoms with Crippen LogP contribution < -0.4 is 10.1 Å². The predicted molar refractivity (Wildman–Crippen MR) is 103 cm³/mol. The van der Waals surface area contributed by atoms with Crippen LogP contribution >= 0.6 is 0 Å². The first-order valence-corrected chi connectivity index (χ1v) is 9.00. The molecule has 2 aromatic carbocycles. The molecule has 27 heavy (non-hydrogen) atoms. The second kappa shape index (κ2) is 8.68. The first-order chi connectivity index (χ1) is 13.0. The van der Waals surface area contributed by atoms with Gasteiger partial charge in [-0.1, -0.05) is 12.1 Å². The molecule has 0 radical (unpaired) electrons. The molecule has 0 saturated carbocycles. The second-order valence-corrected chi connectivity index (χ2v) is 6.71. The van der Waals surface area contributed by atoms with Gasteiger partial charge in [0.15, 0.2) is 0 Å². The maximum atomic E-state index is 12.6. The summed E-state index contributed by atoms with van der Waals surface area (Å²) in [5.74, 6) is 0.261. The van der Waals surface area contributed by atoms with Gasteiger partial charge >= 0.3 is 0 Å². The lowest BCUT2D eigenvalue weighted by molar-refractivity contribution is 0.0679. The van der Waals surface area contributed by atoms with Gasteiger partial charge in [0, 0.05) is 37.5 Å². The van der Waals surface area contributed by atoms with E-state index >= 15 is 0 Å². The van der Waals surface area contributed by atoms with E-state index in [1.807, 2.05) is 6.07 Å².